The summed E-state index contributed by atoms with van der Waals surface area (Å²) in [5, 5.41) is 32.6. The van der Waals surface area contributed by atoms with Gasteiger partial charge in [0, 0.05) is 24.4 Å². The van der Waals surface area contributed by atoms with Gasteiger partial charge in [0.1, 0.15) is 60.9 Å². The minimum atomic E-state index is -5.48. The Morgan fingerprint density at radius 1 is 0.781 bits per heavy atom. The van der Waals surface area contributed by atoms with E-state index in [0.717, 1.165) is 33.9 Å². The summed E-state index contributed by atoms with van der Waals surface area (Å²) in [4.78, 5) is 105. The summed E-state index contributed by atoms with van der Waals surface area (Å²) in [5.41, 5.74) is 7.30. The van der Waals surface area contributed by atoms with Gasteiger partial charge < -0.3 is 60.6 Å². The number of rotatable bonds is 16. The van der Waals surface area contributed by atoms with Crippen LogP contribution in [-0.2, 0) is 50.5 Å². The predicted octanol–water partition coefficient (Wildman–Crippen LogP) is -4.32. The fraction of sp³-hybridized carbons (Fsp3) is 0.552. The van der Waals surface area contributed by atoms with Crippen molar-refractivity contribution in [3.63, 3.8) is 0 Å². The van der Waals surface area contributed by atoms with Crippen LogP contribution >= 0.6 is 23.5 Å². The van der Waals surface area contributed by atoms with Crippen molar-refractivity contribution in [1.82, 2.24) is 38.6 Å². The smallest absolute Gasteiger partial charge is 0.387 e. The van der Waals surface area contributed by atoms with Crippen LogP contribution in [0.4, 0.5) is 11.8 Å². The molecule has 13 N–H and O–H groups in total. The monoisotopic (exact) mass is 972 g/mol. The van der Waals surface area contributed by atoms with Crippen molar-refractivity contribution in [2.24, 2.45) is 0 Å². The standard InChI is InChI=1S/C29H39N10O22P3/c1-10-5-38(29(46)36-23(10)43)16-4-11(60-63(50,51)56-7-13-18(40)19(41)25(58-13)39-9-32-17-22(39)34-27(31)35-24(17)44)12(57-16)6-55-64(52,53)61-21-14(8-54-62(47,48)49)59-26(20(21)42)37-3-2-15(30)33-28(37)45/h2-3,5,9,11-14,16,18-21,25-26,40-42H,4,6-8H2,1H3,(H,50,51)(H,52,53)(H2,30,33,45)(H,36,43,46)(H2,47,48,49)(H3,31,34,35,44)/t11-,12+,13+,14+,16+,18+,19+,20+,21+,25+,26+/m0/s1. The van der Waals surface area contributed by atoms with Gasteiger partial charge in [-0.1, -0.05) is 0 Å². The van der Waals surface area contributed by atoms with E-state index in [-0.39, 0.29) is 28.5 Å². The number of H-pyrrole nitrogens is 2. The van der Waals surface area contributed by atoms with E-state index in [2.05, 4.69) is 24.5 Å². The molecular formula is C29H39N10O22P3. The Hall–Kier alpha value is -4.40. The molecule has 0 aliphatic carbocycles. The number of phosphoric ester groups is 3. The van der Waals surface area contributed by atoms with Crippen molar-refractivity contribution in [3.8, 4) is 0 Å². The molecule has 64 heavy (non-hydrogen) atoms. The highest BCUT2D eigenvalue weighted by Crippen LogP contribution is 2.52. The number of nitrogens with one attached hydrogen (secondary N) is 2. The third kappa shape index (κ3) is 10.3. The maximum Gasteiger partial charge on any atom is 0.472 e. The van der Waals surface area contributed by atoms with Crippen LogP contribution in [0.5, 0.6) is 0 Å². The first-order valence-corrected chi connectivity index (χ1v) is 22.8. The van der Waals surface area contributed by atoms with Crippen LogP contribution in [0.2, 0.25) is 0 Å². The van der Waals surface area contributed by atoms with Gasteiger partial charge in [-0.3, -0.25) is 55.9 Å². The van der Waals surface area contributed by atoms with Gasteiger partial charge >= 0.3 is 34.8 Å². The number of hydrogen-bond donors (Lipinski definition) is 11. The summed E-state index contributed by atoms with van der Waals surface area (Å²) < 4.78 is 83.1. The molecular weight excluding hydrogens is 933 g/mol. The lowest BCUT2D eigenvalue weighted by Gasteiger charge is -2.25. The number of aliphatic hydroxyl groups is 3. The lowest BCUT2D eigenvalue weighted by atomic mass is 10.1. The molecule has 0 radical (unpaired) electrons. The molecule has 0 saturated carbocycles. The van der Waals surface area contributed by atoms with E-state index in [1.807, 2.05) is 4.98 Å². The number of aromatic amines is 2. The number of aryl methyl sites for hydroxylation is 1. The normalized spacial score (nSPS) is 30.5. The Balaban J connectivity index is 1.06. The number of imidazole rings is 1. The Morgan fingerprint density at radius 3 is 2.11 bits per heavy atom. The van der Waals surface area contributed by atoms with E-state index >= 15 is 0 Å². The van der Waals surface area contributed by atoms with E-state index in [9.17, 15) is 67.8 Å². The zero-order valence-electron chi connectivity index (χ0n) is 32.4. The molecule has 35 heteroatoms. The maximum atomic E-state index is 13.4. The van der Waals surface area contributed by atoms with E-state index in [1.165, 1.54) is 6.92 Å². The largest absolute Gasteiger partial charge is 0.472 e. The number of aromatic nitrogens is 8. The molecule has 352 valence electrons. The Labute approximate surface area is 354 Å². The Kier molecular flexibility index (Phi) is 13.5. The fourth-order valence-corrected chi connectivity index (χ4v) is 9.15. The van der Waals surface area contributed by atoms with Gasteiger partial charge in [-0.15, -0.1) is 0 Å². The summed E-state index contributed by atoms with van der Waals surface area (Å²) in [6.07, 6.45) is -16.1. The molecule has 7 rings (SSSR count). The van der Waals surface area contributed by atoms with Gasteiger partial charge in [0.2, 0.25) is 5.95 Å². The summed E-state index contributed by atoms with van der Waals surface area (Å²) in [7, 11) is -16.0. The zero-order valence-corrected chi connectivity index (χ0v) is 35.1. The number of ether oxygens (including phenoxy) is 3. The molecule has 3 aliphatic heterocycles. The summed E-state index contributed by atoms with van der Waals surface area (Å²) in [5.74, 6) is -0.524. The van der Waals surface area contributed by atoms with E-state index in [1.54, 1.807) is 0 Å². The highest BCUT2D eigenvalue weighted by Gasteiger charge is 2.51. The summed E-state index contributed by atoms with van der Waals surface area (Å²) in [6, 6.07) is 1.13. The lowest BCUT2D eigenvalue weighted by molar-refractivity contribution is -0.0624. The quantitative estimate of drug-likeness (QED) is 0.0473. The number of hydrogen-bond acceptors (Lipinski definition) is 23. The van der Waals surface area contributed by atoms with Crippen molar-refractivity contribution in [2.45, 2.75) is 80.9 Å². The van der Waals surface area contributed by atoms with Crippen LogP contribution in [0.25, 0.3) is 11.2 Å². The van der Waals surface area contributed by atoms with Crippen LogP contribution in [0.1, 0.15) is 30.7 Å². The molecule has 2 unspecified atom stereocenters. The molecule has 3 aliphatic rings. The minimum absolute atomic E-state index is 0.0279. The van der Waals surface area contributed by atoms with E-state index < -0.39 is 140 Å². The summed E-state index contributed by atoms with van der Waals surface area (Å²) in [6.45, 7) is -1.72. The minimum Gasteiger partial charge on any atom is -0.387 e. The van der Waals surface area contributed by atoms with Gasteiger partial charge in [-0.25, -0.2) is 28.3 Å². The molecule has 3 saturated heterocycles. The average molecular weight is 973 g/mol. The van der Waals surface area contributed by atoms with E-state index in [0.29, 0.717) is 4.57 Å². The molecule has 0 spiro atoms. The number of nitrogen functional groups attached to an aromatic ring is 2. The first-order valence-electron chi connectivity index (χ1n) is 18.3. The molecule has 0 aromatic carbocycles. The number of aliphatic hydroxyl groups excluding tert-OH is 3. The zero-order chi connectivity index (χ0) is 46.6. The molecule has 4 aromatic rings. The lowest BCUT2D eigenvalue weighted by Crippen LogP contribution is -2.38. The number of fused-ring (bicyclic) bond motifs is 1. The second-order valence-corrected chi connectivity index (χ2v) is 18.3. The second kappa shape index (κ2) is 18.1. The van der Waals surface area contributed by atoms with Crippen molar-refractivity contribution in [3.05, 3.63) is 72.0 Å². The topological polar surface area (TPSA) is 472 Å². The Morgan fingerprint density at radius 2 is 1.42 bits per heavy atom. The van der Waals surface area contributed by atoms with Gasteiger partial charge in [0.25, 0.3) is 11.1 Å². The SMILES string of the molecule is Cc1cn([C@H]2C[C@H](OP(=O)(O)OC[C@H]3O[C@@H](n4cnc5c(=O)[nH]c(N)nc54)[C@H](O)[C@@H]3O)[C@@H](COP(=O)(O)O[C@H]3[C@@H](O)[C@H](n4ccc(N)nc4=O)O[C@@H]3COP(=O)(O)O)O2)c(=O)[nH]c1=O. The van der Waals surface area contributed by atoms with Crippen LogP contribution in [0.3, 0.4) is 0 Å². The van der Waals surface area contributed by atoms with Crippen molar-refractivity contribution < 1.29 is 85.4 Å². The summed E-state index contributed by atoms with van der Waals surface area (Å²) >= 11 is 0. The third-order valence-corrected chi connectivity index (χ3v) is 12.4. The maximum absolute atomic E-state index is 13.4. The van der Waals surface area contributed by atoms with Gasteiger partial charge in [-0.05, 0) is 13.0 Å². The van der Waals surface area contributed by atoms with Crippen LogP contribution in [0, 0.1) is 6.92 Å². The van der Waals surface area contributed by atoms with Crippen molar-refractivity contribution >= 4 is 46.4 Å². The number of anilines is 2. The first kappa shape index (κ1) is 47.6. The van der Waals surface area contributed by atoms with Gasteiger partial charge in [0.05, 0.1) is 26.1 Å². The molecule has 0 bridgehead atoms. The van der Waals surface area contributed by atoms with Crippen LogP contribution in [0.15, 0.2) is 44.0 Å². The number of nitrogens with two attached hydrogens (primary N) is 2. The van der Waals surface area contributed by atoms with Crippen molar-refractivity contribution in [1.29, 1.82) is 0 Å². The Bertz CT molecular complexity index is 2780. The fourth-order valence-electron chi connectivity index (χ4n) is 6.88. The molecule has 3 fully saturated rings. The average Bonchev–Trinajstić information content (AvgIpc) is 3.94. The van der Waals surface area contributed by atoms with Crippen molar-refractivity contribution in [2.75, 3.05) is 31.3 Å². The van der Waals surface area contributed by atoms with Gasteiger partial charge in [-0.2, -0.15) is 9.97 Å². The van der Waals surface area contributed by atoms with E-state index in [4.69, 9.17) is 43.8 Å². The molecule has 13 atom stereocenters. The number of phosphoric acid groups is 3. The van der Waals surface area contributed by atoms with Gasteiger partial charge in [0.15, 0.2) is 23.6 Å². The molecule has 7 heterocycles. The molecule has 0 amide bonds. The second-order valence-electron chi connectivity index (χ2n) is 14.3. The third-order valence-electron chi connectivity index (χ3n) is 9.87. The van der Waals surface area contributed by atoms with Crippen LogP contribution < -0.4 is 34.0 Å². The van der Waals surface area contributed by atoms with Crippen LogP contribution in [-0.4, -0.2) is 142 Å². The highest BCUT2D eigenvalue weighted by atomic mass is 31.2. The molecule has 4 aromatic heterocycles. The number of nitrogens with zero attached hydrogens (tertiary/aromatic N) is 6. The molecule has 32 nitrogen and oxygen atoms in total. The highest BCUT2D eigenvalue weighted by molar-refractivity contribution is 7.47. The first-order chi connectivity index (χ1) is 29.9. The predicted molar refractivity (Wildman–Crippen MR) is 205 cm³/mol.